The predicted octanol–water partition coefficient (Wildman–Crippen LogP) is 2.44. The fraction of sp³-hybridized carbons (Fsp3) is 0.917. The number of carbonyl (C=O) groups is 1. The number of amides is 1. The molecule has 0 spiro atoms. The highest BCUT2D eigenvalue weighted by Gasteiger charge is 2.17. The zero-order valence-corrected chi connectivity index (χ0v) is 12.1. The van der Waals surface area contributed by atoms with Gasteiger partial charge in [-0.15, -0.1) is 12.4 Å². The molecule has 0 aliphatic carbocycles. The largest absolute Gasteiger partial charge is 0.347 e. The Kier molecular flexibility index (Phi) is 11.2. The van der Waals surface area contributed by atoms with Crippen LogP contribution in [0.15, 0.2) is 0 Å². The Labute approximate surface area is 106 Å². The normalized spacial score (nSPS) is 12.1. The molecule has 0 fully saturated rings. The van der Waals surface area contributed by atoms with E-state index in [-0.39, 0.29) is 24.4 Å². The summed E-state index contributed by atoms with van der Waals surface area (Å²) >= 11 is 0. The summed E-state index contributed by atoms with van der Waals surface area (Å²) in [4.78, 5) is 13.3. The van der Waals surface area contributed by atoms with Gasteiger partial charge in [0.1, 0.15) is 0 Å². The topological polar surface area (TPSA) is 32.3 Å². The minimum absolute atomic E-state index is 0. The molecule has 0 aromatic rings. The number of carbonyl (C=O) groups excluding carboxylic acids is 1. The summed E-state index contributed by atoms with van der Waals surface area (Å²) in [6.07, 6.45) is 4.64. The monoisotopic (exact) mass is 250 g/mol. The van der Waals surface area contributed by atoms with Crippen LogP contribution in [-0.4, -0.2) is 37.0 Å². The quantitative estimate of drug-likeness (QED) is 0.753. The lowest BCUT2D eigenvalue weighted by atomic mass is 10.1. The van der Waals surface area contributed by atoms with Crippen molar-refractivity contribution in [1.29, 1.82) is 0 Å². The first-order valence-electron chi connectivity index (χ1n) is 6.00. The fourth-order valence-electron chi connectivity index (χ4n) is 1.82. The van der Waals surface area contributed by atoms with Gasteiger partial charge in [0, 0.05) is 20.1 Å². The summed E-state index contributed by atoms with van der Waals surface area (Å²) in [5, 5.41) is 3.41. The van der Waals surface area contributed by atoms with Crippen molar-refractivity contribution in [3.05, 3.63) is 0 Å². The number of hydrogen-bond donors (Lipinski definition) is 1. The summed E-state index contributed by atoms with van der Waals surface area (Å²) in [5.74, 6) is 0.159. The van der Waals surface area contributed by atoms with Crippen LogP contribution >= 0.6 is 12.4 Å². The Hall–Kier alpha value is -0.280. The van der Waals surface area contributed by atoms with E-state index in [1.165, 1.54) is 12.8 Å². The van der Waals surface area contributed by atoms with Gasteiger partial charge in [-0.1, -0.05) is 26.7 Å². The van der Waals surface area contributed by atoms with Crippen molar-refractivity contribution < 1.29 is 4.79 Å². The molecule has 0 saturated carbocycles. The Morgan fingerprint density at radius 2 is 1.62 bits per heavy atom. The van der Waals surface area contributed by atoms with Gasteiger partial charge < -0.3 is 10.2 Å². The second kappa shape index (κ2) is 9.91. The molecule has 3 nitrogen and oxygen atoms in total. The first-order valence-corrected chi connectivity index (χ1v) is 6.00. The van der Waals surface area contributed by atoms with E-state index in [2.05, 4.69) is 19.2 Å². The van der Waals surface area contributed by atoms with Crippen LogP contribution in [-0.2, 0) is 4.79 Å². The van der Waals surface area contributed by atoms with Crippen molar-refractivity contribution in [2.45, 2.75) is 58.5 Å². The maximum atomic E-state index is 11.7. The minimum Gasteiger partial charge on any atom is -0.347 e. The number of nitrogens with zero attached hydrogens (tertiary/aromatic N) is 1. The Morgan fingerprint density at radius 3 is 1.94 bits per heavy atom. The van der Waals surface area contributed by atoms with E-state index in [0.717, 1.165) is 12.8 Å². The Bertz CT molecular complexity index is 180. The van der Waals surface area contributed by atoms with Crippen LogP contribution in [0.1, 0.15) is 46.5 Å². The van der Waals surface area contributed by atoms with Crippen LogP contribution in [0.2, 0.25) is 0 Å². The van der Waals surface area contributed by atoms with E-state index >= 15 is 0 Å². The maximum Gasteiger partial charge on any atom is 0.238 e. The molecule has 4 heteroatoms. The average Bonchev–Trinajstić information content (AvgIpc) is 2.17. The van der Waals surface area contributed by atoms with Gasteiger partial charge in [-0.25, -0.2) is 0 Å². The third kappa shape index (κ3) is 7.07. The number of likely N-dealkylation sites (N-methyl/N-ethyl adjacent to an activating group) is 1. The highest BCUT2D eigenvalue weighted by atomic mass is 35.5. The molecule has 0 aliphatic rings. The van der Waals surface area contributed by atoms with Gasteiger partial charge in [0.15, 0.2) is 0 Å². The predicted molar refractivity (Wildman–Crippen MR) is 72.1 cm³/mol. The molecule has 1 atom stereocenters. The van der Waals surface area contributed by atoms with E-state index in [4.69, 9.17) is 0 Å². The van der Waals surface area contributed by atoms with Crippen LogP contribution in [0.25, 0.3) is 0 Å². The van der Waals surface area contributed by atoms with E-state index in [0.29, 0.717) is 6.04 Å². The van der Waals surface area contributed by atoms with Gasteiger partial charge in [-0.3, -0.25) is 4.79 Å². The Balaban J connectivity index is 0. The van der Waals surface area contributed by atoms with Crippen molar-refractivity contribution >= 4 is 18.3 Å². The van der Waals surface area contributed by atoms with Crippen LogP contribution in [0.3, 0.4) is 0 Å². The first-order chi connectivity index (χ1) is 7.02. The number of halogens is 1. The minimum atomic E-state index is -0.0666. The van der Waals surface area contributed by atoms with Crippen molar-refractivity contribution in [2.75, 3.05) is 14.1 Å². The zero-order valence-electron chi connectivity index (χ0n) is 11.2. The molecule has 0 aromatic heterocycles. The van der Waals surface area contributed by atoms with Gasteiger partial charge in [-0.05, 0) is 19.8 Å². The van der Waals surface area contributed by atoms with Crippen molar-refractivity contribution in [3.63, 3.8) is 0 Å². The zero-order chi connectivity index (χ0) is 11.8. The molecule has 0 saturated heterocycles. The van der Waals surface area contributed by atoms with Crippen molar-refractivity contribution in [3.8, 4) is 0 Å². The number of rotatable bonds is 7. The van der Waals surface area contributed by atoms with Gasteiger partial charge in [0.05, 0.1) is 6.04 Å². The summed E-state index contributed by atoms with van der Waals surface area (Å²) in [5.41, 5.74) is 0. The van der Waals surface area contributed by atoms with E-state index in [1.807, 2.05) is 6.92 Å². The lowest BCUT2D eigenvalue weighted by molar-refractivity contribution is -0.130. The van der Waals surface area contributed by atoms with Crippen molar-refractivity contribution in [1.82, 2.24) is 10.2 Å². The van der Waals surface area contributed by atoms with Gasteiger partial charge in [0.2, 0.25) is 5.91 Å². The van der Waals surface area contributed by atoms with Gasteiger partial charge in [0.25, 0.3) is 0 Å². The second-order valence-electron chi connectivity index (χ2n) is 4.40. The van der Waals surface area contributed by atoms with Gasteiger partial charge >= 0.3 is 0 Å². The summed E-state index contributed by atoms with van der Waals surface area (Å²) in [6, 6.07) is 0.419. The molecule has 98 valence electrons. The Morgan fingerprint density at radius 1 is 1.19 bits per heavy atom. The average molecular weight is 251 g/mol. The molecular weight excluding hydrogens is 224 g/mol. The smallest absolute Gasteiger partial charge is 0.238 e. The third-order valence-corrected chi connectivity index (χ3v) is 2.57. The molecule has 0 heterocycles. The third-order valence-electron chi connectivity index (χ3n) is 2.57. The van der Waals surface area contributed by atoms with E-state index in [9.17, 15) is 4.79 Å². The van der Waals surface area contributed by atoms with Crippen LogP contribution in [0, 0.1) is 0 Å². The molecule has 0 aliphatic heterocycles. The molecule has 1 N–H and O–H groups in total. The SMILES string of the molecule is CCCC(CCC)N[C@H](C)C(=O)N(C)C.Cl. The fourth-order valence-corrected chi connectivity index (χ4v) is 1.82. The molecular formula is C12H27ClN2O. The summed E-state index contributed by atoms with van der Waals surface area (Å²) in [6.45, 7) is 6.31. The molecule has 0 bridgehead atoms. The van der Waals surface area contributed by atoms with Crippen molar-refractivity contribution in [2.24, 2.45) is 0 Å². The molecule has 16 heavy (non-hydrogen) atoms. The molecule has 0 aromatic carbocycles. The van der Waals surface area contributed by atoms with Crippen LogP contribution in [0.4, 0.5) is 0 Å². The molecule has 0 radical (unpaired) electrons. The second-order valence-corrected chi connectivity index (χ2v) is 4.40. The molecule has 0 rings (SSSR count). The number of nitrogens with one attached hydrogen (secondary N) is 1. The van der Waals surface area contributed by atoms with Crippen LogP contribution < -0.4 is 5.32 Å². The van der Waals surface area contributed by atoms with Crippen LogP contribution in [0.5, 0.6) is 0 Å². The lowest BCUT2D eigenvalue weighted by Gasteiger charge is -2.24. The van der Waals surface area contributed by atoms with E-state index < -0.39 is 0 Å². The standard InChI is InChI=1S/C12H26N2O.ClH/c1-6-8-11(9-7-2)13-10(3)12(15)14(4)5;/h10-11,13H,6-9H2,1-5H3;1H/t10-;/m1./s1. The summed E-state index contributed by atoms with van der Waals surface area (Å²) < 4.78 is 0. The summed E-state index contributed by atoms with van der Waals surface area (Å²) in [7, 11) is 3.60. The van der Waals surface area contributed by atoms with Gasteiger partial charge in [-0.2, -0.15) is 0 Å². The highest BCUT2D eigenvalue weighted by Crippen LogP contribution is 2.06. The lowest BCUT2D eigenvalue weighted by Crippen LogP contribution is -2.46. The maximum absolute atomic E-state index is 11.7. The first kappa shape index (κ1) is 18.1. The number of hydrogen-bond acceptors (Lipinski definition) is 2. The highest BCUT2D eigenvalue weighted by molar-refractivity contribution is 5.85. The molecule has 1 amide bonds. The molecule has 0 unspecified atom stereocenters. The van der Waals surface area contributed by atoms with E-state index in [1.54, 1.807) is 19.0 Å².